The quantitative estimate of drug-likeness (QED) is 0.792. The van der Waals surface area contributed by atoms with Crippen molar-refractivity contribution < 1.29 is 14.3 Å². The van der Waals surface area contributed by atoms with E-state index in [2.05, 4.69) is 17.5 Å². The number of anilines is 1. The Labute approximate surface area is 150 Å². The Hall–Kier alpha value is -2.01. The van der Waals surface area contributed by atoms with Gasteiger partial charge in [-0.05, 0) is 50.2 Å². The molecule has 3 rings (SSSR count). The van der Waals surface area contributed by atoms with Crippen LogP contribution in [-0.2, 0) is 4.74 Å². The standard InChI is InChI=1S/C20H28N2O3/c1-24-19-12-6-5-11-18(19)21-20(23)22(15-17-10-7-13-25-17)14-16-8-3-2-4-9-16/h3,5-6,8,11-12,16-17H,2,4,7,9-10,13-15H2,1H3,(H,21,23)/t16-,17-/m0/s1. The lowest BCUT2D eigenvalue weighted by Crippen LogP contribution is -2.42. The average molecular weight is 344 g/mol. The van der Waals surface area contributed by atoms with Crippen LogP contribution in [0.25, 0.3) is 0 Å². The van der Waals surface area contributed by atoms with Gasteiger partial charge in [0.2, 0.25) is 0 Å². The van der Waals surface area contributed by atoms with Crippen LogP contribution in [0.1, 0.15) is 32.1 Å². The Bertz CT molecular complexity index is 596. The molecule has 1 aliphatic heterocycles. The van der Waals surface area contributed by atoms with Gasteiger partial charge >= 0.3 is 6.03 Å². The Balaban J connectivity index is 1.68. The molecule has 1 aromatic carbocycles. The van der Waals surface area contributed by atoms with Crippen LogP contribution in [0, 0.1) is 5.92 Å². The van der Waals surface area contributed by atoms with Gasteiger partial charge < -0.3 is 19.7 Å². The number of ether oxygens (including phenoxy) is 2. The van der Waals surface area contributed by atoms with Crippen LogP contribution in [0.4, 0.5) is 10.5 Å². The number of hydrogen-bond donors (Lipinski definition) is 1. The summed E-state index contributed by atoms with van der Waals surface area (Å²) in [6.45, 7) is 2.18. The van der Waals surface area contributed by atoms with Gasteiger partial charge in [0, 0.05) is 19.7 Å². The van der Waals surface area contributed by atoms with Crippen molar-refractivity contribution in [3.63, 3.8) is 0 Å². The number of methoxy groups -OCH3 is 1. The Kier molecular flexibility index (Phi) is 6.34. The largest absolute Gasteiger partial charge is 0.495 e. The zero-order chi connectivity index (χ0) is 17.5. The predicted molar refractivity (Wildman–Crippen MR) is 99.0 cm³/mol. The van der Waals surface area contributed by atoms with Crippen LogP contribution in [0.2, 0.25) is 0 Å². The highest BCUT2D eigenvalue weighted by atomic mass is 16.5. The van der Waals surface area contributed by atoms with Crippen molar-refractivity contribution >= 4 is 11.7 Å². The summed E-state index contributed by atoms with van der Waals surface area (Å²) in [5, 5.41) is 3.01. The summed E-state index contributed by atoms with van der Waals surface area (Å²) in [5.41, 5.74) is 0.700. The molecule has 25 heavy (non-hydrogen) atoms. The molecule has 1 aromatic rings. The van der Waals surface area contributed by atoms with E-state index in [0.717, 1.165) is 38.8 Å². The van der Waals surface area contributed by atoms with E-state index < -0.39 is 0 Å². The monoisotopic (exact) mass is 344 g/mol. The van der Waals surface area contributed by atoms with Crippen molar-refractivity contribution in [1.82, 2.24) is 4.90 Å². The first kappa shape index (κ1) is 17.8. The van der Waals surface area contributed by atoms with E-state index in [0.29, 0.717) is 23.9 Å². The normalized spacial score (nSPS) is 22.6. The molecule has 5 heteroatoms. The molecule has 1 N–H and O–H groups in total. The molecule has 2 amide bonds. The number of rotatable bonds is 6. The summed E-state index contributed by atoms with van der Waals surface area (Å²) in [6.07, 6.45) is 10.2. The smallest absolute Gasteiger partial charge is 0.322 e. The second-order valence-corrected chi connectivity index (χ2v) is 6.79. The molecule has 5 nitrogen and oxygen atoms in total. The lowest BCUT2D eigenvalue weighted by molar-refractivity contribution is 0.0807. The van der Waals surface area contributed by atoms with E-state index in [1.807, 2.05) is 29.2 Å². The van der Waals surface area contributed by atoms with Gasteiger partial charge in [-0.25, -0.2) is 4.79 Å². The molecule has 0 unspecified atom stereocenters. The number of amides is 2. The average Bonchev–Trinajstić information content (AvgIpc) is 3.15. The van der Waals surface area contributed by atoms with E-state index in [4.69, 9.17) is 9.47 Å². The van der Waals surface area contributed by atoms with Gasteiger partial charge in [-0.3, -0.25) is 0 Å². The first-order valence-electron chi connectivity index (χ1n) is 9.23. The summed E-state index contributed by atoms with van der Waals surface area (Å²) in [4.78, 5) is 14.8. The van der Waals surface area contributed by atoms with Crippen LogP contribution in [0.3, 0.4) is 0 Å². The second kappa shape index (κ2) is 8.90. The minimum absolute atomic E-state index is 0.0843. The number of allylic oxidation sites excluding steroid dienone is 1. The second-order valence-electron chi connectivity index (χ2n) is 6.79. The highest BCUT2D eigenvalue weighted by Gasteiger charge is 2.25. The summed E-state index contributed by atoms with van der Waals surface area (Å²) >= 11 is 0. The number of carbonyl (C=O) groups excluding carboxylic acids is 1. The van der Waals surface area contributed by atoms with Crippen molar-refractivity contribution in [3.8, 4) is 5.75 Å². The maximum absolute atomic E-state index is 12.9. The number of nitrogens with zero attached hydrogens (tertiary/aromatic N) is 1. The fraction of sp³-hybridized carbons (Fsp3) is 0.550. The van der Waals surface area contributed by atoms with E-state index in [-0.39, 0.29) is 12.1 Å². The van der Waals surface area contributed by atoms with Gasteiger partial charge in [0.25, 0.3) is 0 Å². The summed E-state index contributed by atoms with van der Waals surface area (Å²) in [6, 6.07) is 7.42. The third kappa shape index (κ3) is 4.98. The molecule has 0 spiro atoms. The number of urea groups is 1. The van der Waals surface area contributed by atoms with E-state index in [1.165, 1.54) is 6.42 Å². The van der Waals surface area contributed by atoms with Gasteiger partial charge in [-0.2, -0.15) is 0 Å². The first-order valence-corrected chi connectivity index (χ1v) is 9.23. The molecule has 0 aromatic heterocycles. The van der Waals surface area contributed by atoms with E-state index in [1.54, 1.807) is 7.11 Å². The summed E-state index contributed by atoms with van der Waals surface area (Å²) < 4.78 is 11.1. The molecule has 1 fully saturated rings. The minimum Gasteiger partial charge on any atom is -0.495 e. The third-order valence-electron chi connectivity index (χ3n) is 4.89. The highest BCUT2D eigenvalue weighted by molar-refractivity contribution is 5.91. The van der Waals surface area contributed by atoms with Gasteiger partial charge in [-0.1, -0.05) is 24.3 Å². The lowest BCUT2D eigenvalue weighted by Gasteiger charge is -2.29. The van der Waals surface area contributed by atoms with Crippen LogP contribution < -0.4 is 10.1 Å². The third-order valence-corrected chi connectivity index (χ3v) is 4.89. The number of para-hydroxylation sites is 2. The Morgan fingerprint density at radius 2 is 2.16 bits per heavy atom. The van der Waals surface area contributed by atoms with E-state index in [9.17, 15) is 4.79 Å². The molecule has 0 radical (unpaired) electrons. The number of carbonyl (C=O) groups is 1. The number of benzene rings is 1. The maximum Gasteiger partial charge on any atom is 0.322 e. The van der Waals surface area contributed by atoms with Crippen LogP contribution in [0.15, 0.2) is 36.4 Å². The molecule has 136 valence electrons. The van der Waals surface area contributed by atoms with Crippen LogP contribution in [0.5, 0.6) is 5.75 Å². The molecular weight excluding hydrogens is 316 g/mol. The first-order chi connectivity index (χ1) is 12.3. The maximum atomic E-state index is 12.9. The lowest BCUT2D eigenvalue weighted by atomic mass is 9.95. The fourth-order valence-electron chi connectivity index (χ4n) is 3.53. The summed E-state index contributed by atoms with van der Waals surface area (Å²) in [7, 11) is 1.61. The van der Waals surface area contributed by atoms with Crippen molar-refractivity contribution in [2.75, 3.05) is 32.1 Å². The van der Waals surface area contributed by atoms with Gasteiger partial charge in [-0.15, -0.1) is 0 Å². The van der Waals surface area contributed by atoms with Gasteiger partial charge in [0.05, 0.1) is 18.9 Å². The molecule has 0 saturated carbocycles. The fourth-order valence-corrected chi connectivity index (χ4v) is 3.53. The topological polar surface area (TPSA) is 50.8 Å². The molecule has 2 atom stereocenters. The molecule has 0 bridgehead atoms. The highest BCUT2D eigenvalue weighted by Crippen LogP contribution is 2.25. The van der Waals surface area contributed by atoms with Crippen LogP contribution in [-0.4, -0.2) is 43.8 Å². The SMILES string of the molecule is COc1ccccc1NC(=O)N(C[C@H]1C=CCCC1)C[C@@H]1CCCO1. The zero-order valence-electron chi connectivity index (χ0n) is 14.9. The zero-order valence-corrected chi connectivity index (χ0v) is 14.9. The van der Waals surface area contributed by atoms with E-state index >= 15 is 0 Å². The molecule has 1 aliphatic carbocycles. The molecule has 1 saturated heterocycles. The minimum atomic E-state index is -0.0843. The van der Waals surface area contributed by atoms with Gasteiger partial charge in [0.1, 0.15) is 5.75 Å². The Morgan fingerprint density at radius 3 is 2.88 bits per heavy atom. The molecule has 2 aliphatic rings. The van der Waals surface area contributed by atoms with Gasteiger partial charge in [0.15, 0.2) is 0 Å². The van der Waals surface area contributed by atoms with Crippen LogP contribution >= 0.6 is 0 Å². The summed E-state index contributed by atoms with van der Waals surface area (Å²) in [5.74, 6) is 1.10. The molecule has 1 heterocycles. The Morgan fingerprint density at radius 1 is 1.28 bits per heavy atom. The number of hydrogen-bond acceptors (Lipinski definition) is 3. The van der Waals surface area contributed by atoms with Crippen molar-refractivity contribution in [2.24, 2.45) is 5.92 Å². The van der Waals surface area contributed by atoms with Crippen molar-refractivity contribution in [1.29, 1.82) is 0 Å². The predicted octanol–water partition coefficient (Wildman–Crippen LogP) is 4.06. The number of nitrogens with one attached hydrogen (secondary N) is 1. The van der Waals surface area contributed by atoms with Crippen molar-refractivity contribution in [2.45, 2.75) is 38.2 Å². The molecular formula is C20H28N2O3. The van der Waals surface area contributed by atoms with Crippen molar-refractivity contribution in [3.05, 3.63) is 36.4 Å².